The van der Waals surface area contributed by atoms with E-state index in [0.717, 1.165) is 25.3 Å². The molecule has 2 nitrogen and oxygen atoms in total. The zero-order chi connectivity index (χ0) is 13.5. The molecule has 0 aliphatic carbocycles. The van der Waals surface area contributed by atoms with Crippen LogP contribution in [0.3, 0.4) is 0 Å². The predicted octanol–water partition coefficient (Wildman–Crippen LogP) is 3.07. The topological polar surface area (TPSA) is 29.3 Å². The molecule has 1 aromatic carbocycles. The molecule has 1 fully saturated rings. The Bertz CT molecular complexity index is 342. The standard InChI is InChI=1S/C17H28N2/c1-2-15-10-12-19(13-11-15)14-17(18)9-8-16-6-4-3-5-7-16/h3-7,15,17H,2,8-14,18H2,1H3. The summed E-state index contributed by atoms with van der Waals surface area (Å²) in [5, 5.41) is 0. The van der Waals surface area contributed by atoms with Crippen LogP contribution >= 0.6 is 0 Å². The van der Waals surface area contributed by atoms with Gasteiger partial charge in [0.05, 0.1) is 0 Å². The molecule has 0 saturated carbocycles. The summed E-state index contributed by atoms with van der Waals surface area (Å²) in [6, 6.07) is 11.0. The number of rotatable bonds is 6. The molecule has 106 valence electrons. The van der Waals surface area contributed by atoms with E-state index in [4.69, 9.17) is 5.73 Å². The van der Waals surface area contributed by atoms with Crippen LogP contribution < -0.4 is 5.73 Å². The van der Waals surface area contributed by atoms with E-state index < -0.39 is 0 Å². The Morgan fingerprint density at radius 1 is 1.21 bits per heavy atom. The molecule has 1 aromatic rings. The minimum Gasteiger partial charge on any atom is -0.327 e. The predicted molar refractivity (Wildman–Crippen MR) is 82.2 cm³/mol. The van der Waals surface area contributed by atoms with Crippen molar-refractivity contribution in [3.8, 4) is 0 Å². The number of nitrogens with two attached hydrogens (primary N) is 1. The van der Waals surface area contributed by atoms with Crippen molar-refractivity contribution < 1.29 is 0 Å². The fraction of sp³-hybridized carbons (Fsp3) is 0.647. The lowest BCUT2D eigenvalue weighted by atomic mass is 9.94. The molecule has 0 amide bonds. The quantitative estimate of drug-likeness (QED) is 0.851. The highest BCUT2D eigenvalue weighted by molar-refractivity contribution is 5.14. The molecule has 2 heteroatoms. The molecule has 2 rings (SSSR count). The van der Waals surface area contributed by atoms with Gasteiger partial charge in [0.2, 0.25) is 0 Å². The van der Waals surface area contributed by atoms with Gasteiger partial charge in [-0.2, -0.15) is 0 Å². The Hall–Kier alpha value is -0.860. The molecule has 0 bridgehead atoms. The maximum atomic E-state index is 6.28. The monoisotopic (exact) mass is 260 g/mol. The molecule has 0 aromatic heterocycles. The minimum absolute atomic E-state index is 0.318. The van der Waals surface area contributed by atoms with Gasteiger partial charge in [0.1, 0.15) is 0 Å². The van der Waals surface area contributed by atoms with Crippen molar-refractivity contribution in [2.45, 2.75) is 45.1 Å². The highest BCUT2D eigenvalue weighted by atomic mass is 15.1. The number of hydrogen-bond acceptors (Lipinski definition) is 2. The molecule has 1 aliphatic rings. The highest BCUT2D eigenvalue weighted by Crippen LogP contribution is 2.20. The van der Waals surface area contributed by atoms with E-state index in [2.05, 4.69) is 42.2 Å². The Balaban J connectivity index is 1.66. The Kier molecular flexibility index (Phi) is 5.87. The fourth-order valence-electron chi connectivity index (χ4n) is 3.00. The van der Waals surface area contributed by atoms with E-state index in [1.165, 1.54) is 37.9 Å². The Morgan fingerprint density at radius 2 is 1.89 bits per heavy atom. The molecule has 1 unspecified atom stereocenters. The molecule has 19 heavy (non-hydrogen) atoms. The first-order chi connectivity index (χ1) is 9.28. The van der Waals surface area contributed by atoms with Gasteiger partial charge in [0.15, 0.2) is 0 Å². The smallest absolute Gasteiger partial charge is 0.0170 e. The van der Waals surface area contributed by atoms with Gasteiger partial charge in [0, 0.05) is 12.6 Å². The van der Waals surface area contributed by atoms with E-state index in [1.54, 1.807) is 0 Å². The van der Waals surface area contributed by atoms with Gasteiger partial charge in [-0.05, 0) is 50.3 Å². The third-order valence-electron chi connectivity index (χ3n) is 4.42. The number of likely N-dealkylation sites (tertiary alicyclic amines) is 1. The van der Waals surface area contributed by atoms with Crippen LogP contribution in [0.1, 0.15) is 38.2 Å². The summed E-state index contributed by atoms with van der Waals surface area (Å²) < 4.78 is 0. The number of hydrogen-bond donors (Lipinski definition) is 1. The summed E-state index contributed by atoms with van der Waals surface area (Å²) in [6.07, 6.45) is 6.27. The number of benzene rings is 1. The van der Waals surface area contributed by atoms with E-state index in [-0.39, 0.29) is 0 Å². The first-order valence-corrected chi connectivity index (χ1v) is 7.79. The van der Waals surface area contributed by atoms with E-state index in [9.17, 15) is 0 Å². The van der Waals surface area contributed by atoms with Crippen molar-refractivity contribution in [2.75, 3.05) is 19.6 Å². The van der Waals surface area contributed by atoms with Gasteiger partial charge < -0.3 is 10.6 Å². The van der Waals surface area contributed by atoms with E-state index in [0.29, 0.717) is 6.04 Å². The van der Waals surface area contributed by atoms with Crippen LogP contribution in [0.25, 0.3) is 0 Å². The summed E-state index contributed by atoms with van der Waals surface area (Å²) in [5.74, 6) is 0.955. The van der Waals surface area contributed by atoms with Crippen LogP contribution in [-0.4, -0.2) is 30.6 Å². The number of nitrogens with zero attached hydrogens (tertiary/aromatic N) is 1. The lowest BCUT2D eigenvalue weighted by Crippen LogP contribution is -2.42. The molecule has 0 spiro atoms. The maximum absolute atomic E-state index is 6.28. The summed E-state index contributed by atoms with van der Waals surface area (Å²) in [5.41, 5.74) is 7.68. The van der Waals surface area contributed by atoms with Crippen LogP contribution in [0.15, 0.2) is 30.3 Å². The summed E-state index contributed by atoms with van der Waals surface area (Å²) in [7, 11) is 0. The van der Waals surface area contributed by atoms with Crippen molar-refractivity contribution in [1.29, 1.82) is 0 Å². The third kappa shape index (κ3) is 4.96. The summed E-state index contributed by atoms with van der Waals surface area (Å²) in [4.78, 5) is 2.56. The van der Waals surface area contributed by atoms with Gasteiger partial charge >= 0.3 is 0 Å². The first-order valence-electron chi connectivity index (χ1n) is 7.79. The van der Waals surface area contributed by atoms with Crippen molar-refractivity contribution in [2.24, 2.45) is 11.7 Å². The van der Waals surface area contributed by atoms with Crippen LogP contribution in [0.2, 0.25) is 0 Å². The van der Waals surface area contributed by atoms with Gasteiger partial charge in [-0.3, -0.25) is 0 Å². The van der Waals surface area contributed by atoms with Crippen molar-refractivity contribution in [1.82, 2.24) is 4.90 Å². The lowest BCUT2D eigenvalue weighted by molar-refractivity contribution is 0.171. The van der Waals surface area contributed by atoms with Crippen molar-refractivity contribution in [3.63, 3.8) is 0 Å². The van der Waals surface area contributed by atoms with Crippen LogP contribution in [-0.2, 0) is 6.42 Å². The van der Waals surface area contributed by atoms with Gasteiger partial charge in [-0.15, -0.1) is 0 Å². The highest BCUT2D eigenvalue weighted by Gasteiger charge is 2.19. The van der Waals surface area contributed by atoms with Gasteiger partial charge in [-0.25, -0.2) is 0 Å². The molecule has 1 atom stereocenters. The fourth-order valence-corrected chi connectivity index (χ4v) is 3.00. The molecule has 0 radical (unpaired) electrons. The summed E-state index contributed by atoms with van der Waals surface area (Å²) >= 11 is 0. The molecular weight excluding hydrogens is 232 g/mol. The second-order valence-corrected chi connectivity index (χ2v) is 5.94. The molecular formula is C17H28N2. The largest absolute Gasteiger partial charge is 0.327 e. The maximum Gasteiger partial charge on any atom is 0.0170 e. The normalized spacial score (nSPS) is 19.5. The average molecular weight is 260 g/mol. The first kappa shape index (κ1) is 14.5. The molecule has 1 aliphatic heterocycles. The zero-order valence-electron chi connectivity index (χ0n) is 12.2. The number of piperidine rings is 1. The number of aryl methyl sites for hydroxylation is 1. The minimum atomic E-state index is 0.318. The molecule has 1 heterocycles. The average Bonchev–Trinajstić information content (AvgIpc) is 2.47. The lowest BCUT2D eigenvalue weighted by Gasteiger charge is -2.33. The van der Waals surface area contributed by atoms with Crippen molar-refractivity contribution >= 4 is 0 Å². The second-order valence-electron chi connectivity index (χ2n) is 5.94. The zero-order valence-corrected chi connectivity index (χ0v) is 12.2. The van der Waals surface area contributed by atoms with Gasteiger partial charge in [-0.1, -0.05) is 43.7 Å². The Labute approximate surface area is 118 Å². The summed E-state index contributed by atoms with van der Waals surface area (Å²) in [6.45, 7) is 5.88. The van der Waals surface area contributed by atoms with E-state index in [1.807, 2.05) is 0 Å². The van der Waals surface area contributed by atoms with Crippen molar-refractivity contribution in [3.05, 3.63) is 35.9 Å². The molecule has 1 saturated heterocycles. The van der Waals surface area contributed by atoms with Crippen LogP contribution in [0.5, 0.6) is 0 Å². The molecule has 2 N–H and O–H groups in total. The SMILES string of the molecule is CCC1CCN(CC(N)CCc2ccccc2)CC1. The Morgan fingerprint density at radius 3 is 2.53 bits per heavy atom. The third-order valence-corrected chi connectivity index (χ3v) is 4.42. The second kappa shape index (κ2) is 7.66. The van der Waals surface area contributed by atoms with Crippen LogP contribution in [0, 0.1) is 5.92 Å². The van der Waals surface area contributed by atoms with Gasteiger partial charge in [0.25, 0.3) is 0 Å². The van der Waals surface area contributed by atoms with Crippen LogP contribution in [0.4, 0.5) is 0 Å². The van der Waals surface area contributed by atoms with E-state index >= 15 is 0 Å².